The highest BCUT2D eigenvalue weighted by Crippen LogP contribution is 2.42. The number of phenols is 1. The second-order valence-electron chi connectivity index (χ2n) is 5.83. The molecule has 1 atom stereocenters. The fourth-order valence-corrected chi connectivity index (χ4v) is 2.73. The average molecular weight is 394 g/mol. The molecule has 0 saturated carbocycles. The van der Waals surface area contributed by atoms with Crippen molar-refractivity contribution in [1.82, 2.24) is 0 Å². The predicted molar refractivity (Wildman–Crippen MR) is 97.0 cm³/mol. The van der Waals surface area contributed by atoms with Gasteiger partial charge in [0.05, 0.1) is 33.7 Å². The van der Waals surface area contributed by atoms with Crippen LogP contribution in [-0.2, 0) is 20.9 Å². The fourth-order valence-electron chi connectivity index (χ4n) is 2.73. The molecule has 1 unspecified atom stereocenters. The van der Waals surface area contributed by atoms with Crippen molar-refractivity contribution < 1.29 is 38.4 Å². The van der Waals surface area contributed by atoms with Crippen molar-refractivity contribution in [2.75, 3.05) is 28.4 Å². The van der Waals surface area contributed by atoms with Crippen LogP contribution in [0, 0.1) is 0 Å². The SMILES string of the molecule is COCc1cc(=O)c(O)c(C(CC(=O)OC)c2cc(OC)c(O)c(OC)c2)o1. The van der Waals surface area contributed by atoms with Crippen molar-refractivity contribution in [2.24, 2.45) is 0 Å². The molecule has 9 nitrogen and oxygen atoms in total. The molecule has 0 bridgehead atoms. The molecule has 2 N–H and O–H groups in total. The van der Waals surface area contributed by atoms with E-state index in [0.717, 1.165) is 6.07 Å². The number of hydrogen-bond donors (Lipinski definition) is 2. The first-order valence-corrected chi connectivity index (χ1v) is 8.22. The Labute approximate surface area is 161 Å². The van der Waals surface area contributed by atoms with Crippen LogP contribution in [0.4, 0.5) is 0 Å². The van der Waals surface area contributed by atoms with Gasteiger partial charge in [0, 0.05) is 13.2 Å². The first-order chi connectivity index (χ1) is 13.4. The summed E-state index contributed by atoms with van der Waals surface area (Å²) in [4.78, 5) is 24.1. The molecular formula is C19H22O9. The van der Waals surface area contributed by atoms with Gasteiger partial charge in [0.25, 0.3) is 0 Å². The minimum absolute atomic E-state index is 0.00428. The zero-order valence-electron chi connectivity index (χ0n) is 16.0. The fraction of sp³-hybridized carbons (Fsp3) is 0.368. The standard InChI is InChI=1S/C19H22O9/c1-24-9-11-7-13(20)17(22)19(28-11)12(8-16(21)27-4)10-5-14(25-2)18(23)15(6-10)26-3/h5-7,12,22-23H,8-9H2,1-4H3. The zero-order chi connectivity index (χ0) is 20.8. The maximum Gasteiger partial charge on any atom is 0.306 e. The number of rotatable bonds is 8. The topological polar surface area (TPSA) is 125 Å². The molecule has 0 aliphatic carbocycles. The highest BCUT2D eigenvalue weighted by atomic mass is 16.5. The molecule has 1 aromatic heterocycles. The van der Waals surface area contributed by atoms with Crippen molar-refractivity contribution in [1.29, 1.82) is 0 Å². The Balaban J connectivity index is 2.71. The summed E-state index contributed by atoms with van der Waals surface area (Å²) in [5.41, 5.74) is -0.286. The van der Waals surface area contributed by atoms with Gasteiger partial charge in [-0.05, 0) is 17.7 Å². The highest BCUT2D eigenvalue weighted by Gasteiger charge is 2.28. The molecule has 0 aliphatic heterocycles. The minimum atomic E-state index is -0.916. The van der Waals surface area contributed by atoms with E-state index >= 15 is 0 Å². The Morgan fingerprint density at radius 1 is 1.04 bits per heavy atom. The summed E-state index contributed by atoms with van der Waals surface area (Å²) >= 11 is 0. The third-order valence-electron chi connectivity index (χ3n) is 4.11. The Morgan fingerprint density at radius 2 is 1.64 bits per heavy atom. The lowest BCUT2D eigenvalue weighted by Crippen LogP contribution is -2.14. The monoisotopic (exact) mass is 394 g/mol. The minimum Gasteiger partial charge on any atom is -0.502 e. The summed E-state index contributed by atoms with van der Waals surface area (Å²) in [5, 5.41) is 20.4. The maximum absolute atomic E-state index is 12.2. The molecule has 0 amide bonds. The molecule has 0 aliphatic rings. The number of hydrogen-bond acceptors (Lipinski definition) is 9. The van der Waals surface area contributed by atoms with E-state index in [1.54, 1.807) is 0 Å². The maximum atomic E-state index is 12.2. The smallest absolute Gasteiger partial charge is 0.306 e. The molecule has 0 spiro atoms. The van der Waals surface area contributed by atoms with E-state index in [1.807, 2.05) is 0 Å². The number of phenolic OH excluding ortho intramolecular Hbond substituents is 1. The third kappa shape index (κ3) is 4.37. The van der Waals surface area contributed by atoms with Gasteiger partial charge in [0.15, 0.2) is 17.3 Å². The molecular weight excluding hydrogens is 372 g/mol. The van der Waals surface area contributed by atoms with E-state index < -0.39 is 23.1 Å². The van der Waals surface area contributed by atoms with Crippen molar-refractivity contribution in [3.63, 3.8) is 0 Å². The Kier molecular flexibility index (Phi) is 6.89. The van der Waals surface area contributed by atoms with Crippen molar-refractivity contribution in [3.05, 3.63) is 45.5 Å². The van der Waals surface area contributed by atoms with Gasteiger partial charge in [-0.2, -0.15) is 0 Å². The van der Waals surface area contributed by atoms with Crippen LogP contribution in [-0.4, -0.2) is 44.6 Å². The van der Waals surface area contributed by atoms with Crippen LogP contribution in [0.15, 0.2) is 27.4 Å². The van der Waals surface area contributed by atoms with E-state index in [-0.39, 0.29) is 41.8 Å². The van der Waals surface area contributed by atoms with Crippen molar-refractivity contribution >= 4 is 5.97 Å². The molecule has 1 aromatic carbocycles. The van der Waals surface area contributed by atoms with Crippen LogP contribution >= 0.6 is 0 Å². The first-order valence-electron chi connectivity index (χ1n) is 8.22. The molecule has 0 saturated heterocycles. The predicted octanol–water partition coefficient (Wildman–Crippen LogP) is 1.91. The summed E-state index contributed by atoms with van der Waals surface area (Å²) in [6.45, 7) is -0.00428. The van der Waals surface area contributed by atoms with E-state index in [1.165, 1.54) is 40.6 Å². The summed E-state index contributed by atoms with van der Waals surface area (Å²) in [5.74, 6) is -2.19. The summed E-state index contributed by atoms with van der Waals surface area (Å²) < 4.78 is 25.6. The lowest BCUT2D eigenvalue weighted by molar-refractivity contribution is -0.140. The number of methoxy groups -OCH3 is 4. The van der Waals surface area contributed by atoms with Gasteiger partial charge in [-0.1, -0.05) is 0 Å². The van der Waals surface area contributed by atoms with Crippen molar-refractivity contribution in [2.45, 2.75) is 18.9 Å². The van der Waals surface area contributed by atoms with Gasteiger partial charge >= 0.3 is 5.97 Å². The van der Waals surface area contributed by atoms with Gasteiger partial charge < -0.3 is 33.6 Å². The van der Waals surface area contributed by atoms with Crippen molar-refractivity contribution in [3.8, 4) is 23.0 Å². The number of carbonyl (C=O) groups excluding carboxylic acids is 1. The van der Waals surface area contributed by atoms with E-state index in [9.17, 15) is 19.8 Å². The largest absolute Gasteiger partial charge is 0.502 e. The summed E-state index contributed by atoms with van der Waals surface area (Å²) in [6, 6.07) is 4.01. The molecule has 28 heavy (non-hydrogen) atoms. The number of benzene rings is 1. The Morgan fingerprint density at radius 3 is 2.14 bits per heavy atom. The average Bonchev–Trinajstić information content (AvgIpc) is 2.69. The summed E-state index contributed by atoms with van der Waals surface area (Å²) in [6.07, 6.45) is -0.249. The van der Waals surface area contributed by atoms with Crippen LogP contribution in [0.25, 0.3) is 0 Å². The number of carbonyl (C=O) groups is 1. The van der Waals surface area contributed by atoms with E-state index in [4.69, 9.17) is 23.4 Å². The molecule has 0 fully saturated rings. The van der Waals surface area contributed by atoms with E-state index in [0.29, 0.717) is 5.56 Å². The summed E-state index contributed by atoms with van der Waals surface area (Å²) in [7, 11) is 5.34. The second-order valence-corrected chi connectivity index (χ2v) is 5.83. The number of aromatic hydroxyl groups is 2. The first kappa shape index (κ1) is 21.1. The normalized spacial score (nSPS) is 11.7. The molecule has 9 heteroatoms. The van der Waals surface area contributed by atoms with Gasteiger partial charge in [-0.3, -0.25) is 9.59 Å². The highest BCUT2D eigenvalue weighted by molar-refractivity contribution is 5.71. The quantitative estimate of drug-likeness (QED) is 0.646. The Bertz CT molecular complexity index is 876. The molecule has 1 heterocycles. The lowest BCUT2D eigenvalue weighted by Gasteiger charge is -2.19. The molecule has 0 radical (unpaired) electrons. The third-order valence-corrected chi connectivity index (χ3v) is 4.11. The van der Waals surface area contributed by atoms with Gasteiger partial charge in [-0.25, -0.2) is 0 Å². The van der Waals surface area contributed by atoms with Crippen LogP contribution in [0.2, 0.25) is 0 Å². The van der Waals surface area contributed by atoms with Gasteiger partial charge in [0.2, 0.25) is 16.9 Å². The Hall–Kier alpha value is -3.20. The zero-order valence-corrected chi connectivity index (χ0v) is 16.0. The van der Waals surface area contributed by atoms with Gasteiger partial charge in [-0.15, -0.1) is 0 Å². The van der Waals surface area contributed by atoms with Crippen LogP contribution < -0.4 is 14.9 Å². The van der Waals surface area contributed by atoms with E-state index in [2.05, 4.69) is 0 Å². The molecule has 2 aromatic rings. The van der Waals surface area contributed by atoms with Gasteiger partial charge in [0.1, 0.15) is 12.4 Å². The lowest BCUT2D eigenvalue weighted by atomic mass is 9.91. The number of ether oxygens (including phenoxy) is 4. The second kappa shape index (κ2) is 9.14. The van der Waals surface area contributed by atoms with Crippen LogP contribution in [0.3, 0.4) is 0 Å². The van der Waals surface area contributed by atoms with Crippen LogP contribution in [0.5, 0.6) is 23.0 Å². The number of esters is 1. The molecule has 152 valence electrons. The molecule has 2 rings (SSSR count). The van der Waals surface area contributed by atoms with Crippen LogP contribution in [0.1, 0.15) is 29.4 Å².